The van der Waals surface area contributed by atoms with Crippen molar-refractivity contribution in [2.75, 3.05) is 0 Å². The summed E-state index contributed by atoms with van der Waals surface area (Å²) >= 11 is 0. The fourth-order valence-electron chi connectivity index (χ4n) is 2.29. The molecule has 1 aliphatic carbocycles. The topological polar surface area (TPSA) is 49.3 Å². The van der Waals surface area contributed by atoms with Gasteiger partial charge in [0.05, 0.1) is 0 Å². The lowest BCUT2D eigenvalue weighted by Gasteiger charge is -2.32. The summed E-state index contributed by atoms with van der Waals surface area (Å²) in [5.41, 5.74) is -1.26. The Bertz CT molecular complexity index is 235. The van der Waals surface area contributed by atoms with Gasteiger partial charge in [0.1, 0.15) is 5.60 Å². The zero-order chi connectivity index (χ0) is 12.3. The zero-order valence-electron chi connectivity index (χ0n) is 10.9. The Kier molecular flexibility index (Phi) is 4.36. The molecule has 1 amide bonds. The molecule has 0 atom stereocenters. The van der Waals surface area contributed by atoms with Crippen molar-refractivity contribution in [1.82, 2.24) is 5.32 Å². The van der Waals surface area contributed by atoms with Crippen molar-refractivity contribution in [3.63, 3.8) is 0 Å². The van der Waals surface area contributed by atoms with Crippen molar-refractivity contribution in [3.05, 3.63) is 0 Å². The van der Waals surface area contributed by atoms with Gasteiger partial charge in [-0.2, -0.15) is 0 Å². The number of carbonyl (C=O) groups excluding carboxylic acids is 1. The number of carbonyl (C=O) groups is 1. The van der Waals surface area contributed by atoms with Crippen molar-refractivity contribution in [2.45, 2.75) is 65.0 Å². The first-order valence-electron chi connectivity index (χ1n) is 6.34. The van der Waals surface area contributed by atoms with Gasteiger partial charge in [0.2, 0.25) is 0 Å². The predicted octanol–water partition coefficient (Wildman–Crippen LogP) is 2.09. The molecule has 0 spiro atoms. The summed E-state index contributed by atoms with van der Waals surface area (Å²) in [6.07, 6.45) is 4.47. The third-order valence-corrected chi connectivity index (χ3v) is 3.61. The fraction of sp³-hybridized carbons (Fsp3) is 0.923. The van der Waals surface area contributed by atoms with Crippen LogP contribution in [0, 0.1) is 11.8 Å². The highest BCUT2D eigenvalue weighted by Crippen LogP contribution is 2.29. The van der Waals surface area contributed by atoms with Crippen LogP contribution in [-0.4, -0.2) is 22.7 Å². The lowest BCUT2D eigenvalue weighted by Crippen LogP contribution is -2.47. The van der Waals surface area contributed by atoms with Crippen LogP contribution in [0.5, 0.6) is 0 Å². The summed E-state index contributed by atoms with van der Waals surface area (Å²) in [6.45, 7) is 7.59. The van der Waals surface area contributed by atoms with E-state index in [2.05, 4.69) is 19.2 Å². The van der Waals surface area contributed by atoms with E-state index in [1.807, 2.05) is 0 Å². The number of rotatable bonds is 3. The van der Waals surface area contributed by atoms with E-state index in [1.165, 1.54) is 26.7 Å². The molecule has 16 heavy (non-hydrogen) atoms. The fourth-order valence-corrected chi connectivity index (χ4v) is 2.29. The second-order valence-corrected chi connectivity index (χ2v) is 5.89. The van der Waals surface area contributed by atoms with Crippen molar-refractivity contribution in [2.24, 2.45) is 11.8 Å². The van der Waals surface area contributed by atoms with Crippen molar-refractivity contribution in [1.29, 1.82) is 0 Å². The maximum atomic E-state index is 11.6. The highest BCUT2D eigenvalue weighted by Gasteiger charge is 2.29. The van der Waals surface area contributed by atoms with Gasteiger partial charge in [-0.25, -0.2) is 0 Å². The summed E-state index contributed by atoms with van der Waals surface area (Å²) in [7, 11) is 0. The van der Waals surface area contributed by atoms with Crippen molar-refractivity contribution < 1.29 is 9.90 Å². The molecule has 1 saturated carbocycles. The van der Waals surface area contributed by atoms with Crippen molar-refractivity contribution >= 4 is 5.91 Å². The van der Waals surface area contributed by atoms with Crippen LogP contribution < -0.4 is 5.32 Å². The minimum Gasteiger partial charge on any atom is -0.381 e. The molecule has 0 radical (unpaired) electrons. The SMILES string of the molecule is CC(C)C1CCC(NC(=O)C(C)(C)O)CC1. The van der Waals surface area contributed by atoms with E-state index in [0.717, 1.165) is 24.7 Å². The van der Waals surface area contributed by atoms with E-state index in [1.54, 1.807) is 0 Å². The van der Waals surface area contributed by atoms with Gasteiger partial charge in [-0.05, 0) is 51.4 Å². The molecule has 0 heterocycles. The molecule has 0 saturated heterocycles. The van der Waals surface area contributed by atoms with Crippen LogP contribution in [0.4, 0.5) is 0 Å². The summed E-state index contributed by atoms with van der Waals surface area (Å²) in [5.74, 6) is 1.29. The van der Waals surface area contributed by atoms with Gasteiger partial charge >= 0.3 is 0 Å². The summed E-state index contributed by atoms with van der Waals surface area (Å²) in [4.78, 5) is 11.6. The average molecular weight is 227 g/mol. The van der Waals surface area contributed by atoms with Gasteiger partial charge in [0.25, 0.3) is 5.91 Å². The number of amides is 1. The zero-order valence-corrected chi connectivity index (χ0v) is 10.9. The molecule has 3 heteroatoms. The molecule has 0 aromatic heterocycles. The average Bonchev–Trinajstić information content (AvgIpc) is 2.17. The second-order valence-electron chi connectivity index (χ2n) is 5.89. The van der Waals surface area contributed by atoms with Gasteiger partial charge in [-0.1, -0.05) is 13.8 Å². The largest absolute Gasteiger partial charge is 0.381 e. The number of aliphatic hydroxyl groups is 1. The third kappa shape index (κ3) is 3.78. The Hall–Kier alpha value is -0.570. The maximum absolute atomic E-state index is 11.6. The predicted molar refractivity (Wildman–Crippen MR) is 65.0 cm³/mol. The smallest absolute Gasteiger partial charge is 0.251 e. The molecule has 0 bridgehead atoms. The third-order valence-electron chi connectivity index (χ3n) is 3.61. The van der Waals surface area contributed by atoms with E-state index in [4.69, 9.17) is 0 Å². The molecule has 0 aliphatic heterocycles. The van der Waals surface area contributed by atoms with Crippen LogP contribution in [0.1, 0.15) is 53.4 Å². The number of nitrogens with one attached hydrogen (secondary N) is 1. The molecule has 0 aromatic rings. The molecule has 1 fully saturated rings. The first-order valence-corrected chi connectivity index (χ1v) is 6.34. The standard InChI is InChI=1S/C13H25NO2/c1-9(2)10-5-7-11(8-6-10)14-12(15)13(3,4)16/h9-11,16H,5-8H2,1-4H3,(H,14,15). The monoisotopic (exact) mass is 227 g/mol. The first kappa shape index (κ1) is 13.5. The van der Waals surface area contributed by atoms with E-state index in [-0.39, 0.29) is 11.9 Å². The highest BCUT2D eigenvalue weighted by molar-refractivity contribution is 5.84. The van der Waals surface area contributed by atoms with Gasteiger partial charge < -0.3 is 10.4 Å². The lowest BCUT2D eigenvalue weighted by atomic mass is 9.79. The van der Waals surface area contributed by atoms with Crippen LogP contribution in [0.3, 0.4) is 0 Å². The van der Waals surface area contributed by atoms with Gasteiger partial charge in [0, 0.05) is 6.04 Å². The van der Waals surface area contributed by atoms with Gasteiger partial charge in [-0.3, -0.25) is 4.79 Å². The van der Waals surface area contributed by atoms with E-state index >= 15 is 0 Å². The number of hydrogen-bond acceptors (Lipinski definition) is 2. The normalized spacial score (nSPS) is 26.9. The maximum Gasteiger partial charge on any atom is 0.251 e. The second kappa shape index (κ2) is 5.17. The minimum atomic E-state index is -1.26. The molecule has 0 aromatic carbocycles. The first-order chi connectivity index (χ1) is 7.30. The number of hydrogen-bond donors (Lipinski definition) is 2. The van der Waals surface area contributed by atoms with Crippen molar-refractivity contribution in [3.8, 4) is 0 Å². The summed E-state index contributed by atoms with van der Waals surface area (Å²) < 4.78 is 0. The highest BCUT2D eigenvalue weighted by atomic mass is 16.3. The van der Waals surface area contributed by atoms with Crippen LogP contribution in [-0.2, 0) is 4.79 Å². The van der Waals surface area contributed by atoms with E-state index in [9.17, 15) is 9.90 Å². The molecular weight excluding hydrogens is 202 g/mol. The Labute approximate surface area is 98.6 Å². The summed E-state index contributed by atoms with van der Waals surface area (Å²) in [5, 5.41) is 12.5. The molecule has 94 valence electrons. The quantitative estimate of drug-likeness (QED) is 0.775. The Morgan fingerprint density at radius 1 is 1.25 bits per heavy atom. The van der Waals surface area contributed by atoms with E-state index < -0.39 is 5.60 Å². The van der Waals surface area contributed by atoms with Gasteiger partial charge in [0.15, 0.2) is 0 Å². The molecular formula is C13H25NO2. The Morgan fingerprint density at radius 2 is 1.75 bits per heavy atom. The van der Waals surface area contributed by atoms with Gasteiger partial charge in [-0.15, -0.1) is 0 Å². The molecule has 3 nitrogen and oxygen atoms in total. The minimum absolute atomic E-state index is 0.250. The van der Waals surface area contributed by atoms with Crippen LogP contribution in [0.2, 0.25) is 0 Å². The molecule has 1 rings (SSSR count). The van der Waals surface area contributed by atoms with Crippen LogP contribution >= 0.6 is 0 Å². The Balaban J connectivity index is 2.35. The van der Waals surface area contributed by atoms with Crippen LogP contribution in [0.25, 0.3) is 0 Å². The molecule has 2 N–H and O–H groups in total. The Morgan fingerprint density at radius 3 is 2.12 bits per heavy atom. The molecule has 1 aliphatic rings. The lowest BCUT2D eigenvalue weighted by molar-refractivity contribution is -0.137. The van der Waals surface area contributed by atoms with E-state index in [0.29, 0.717) is 0 Å². The summed E-state index contributed by atoms with van der Waals surface area (Å²) in [6, 6.07) is 0.258. The molecule has 0 unspecified atom stereocenters. The van der Waals surface area contributed by atoms with Crippen LogP contribution in [0.15, 0.2) is 0 Å².